The Hall–Kier alpha value is -1.59. The van der Waals surface area contributed by atoms with Crippen LogP contribution in [-0.4, -0.2) is 36.3 Å². The van der Waals surface area contributed by atoms with Crippen LogP contribution in [0.5, 0.6) is 0 Å². The third kappa shape index (κ3) is 3.67. The van der Waals surface area contributed by atoms with Crippen LogP contribution in [-0.2, 0) is 9.59 Å². The Morgan fingerprint density at radius 3 is 2.39 bits per heavy atom. The highest BCUT2D eigenvalue weighted by Gasteiger charge is 2.42. The zero-order valence-electron chi connectivity index (χ0n) is 13.4. The molecule has 0 radical (unpaired) electrons. The Bertz CT molecular complexity index is 580. The summed E-state index contributed by atoms with van der Waals surface area (Å²) in [4.78, 5) is 25.9. The summed E-state index contributed by atoms with van der Waals surface area (Å²) in [6.07, 6.45) is 2.34. The van der Waals surface area contributed by atoms with Gasteiger partial charge in [-0.25, -0.2) is 0 Å². The van der Waals surface area contributed by atoms with Gasteiger partial charge < -0.3 is 16.0 Å². The molecule has 0 aromatic heterocycles. The summed E-state index contributed by atoms with van der Waals surface area (Å²) in [5.41, 5.74) is 8.20. The van der Waals surface area contributed by atoms with Crippen LogP contribution >= 0.6 is 12.4 Å². The Morgan fingerprint density at radius 2 is 1.87 bits per heavy atom. The van der Waals surface area contributed by atoms with Crippen LogP contribution in [0.4, 0.5) is 0 Å². The van der Waals surface area contributed by atoms with Gasteiger partial charge in [0.25, 0.3) is 0 Å². The van der Waals surface area contributed by atoms with Gasteiger partial charge >= 0.3 is 0 Å². The van der Waals surface area contributed by atoms with E-state index in [9.17, 15) is 9.59 Å². The first-order valence-corrected chi connectivity index (χ1v) is 7.87. The lowest BCUT2D eigenvalue weighted by atomic mass is 9.77. The number of benzene rings is 1. The summed E-state index contributed by atoms with van der Waals surface area (Å²) in [6.45, 7) is 4.14. The summed E-state index contributed by atoms with van der Waals surface area (Å²) < 4.78 is 0. The Balaban J connectivity index is 0.00000192. The van der Waals surface area contributed by atoms with Gasteiger partial charge in [0.2, 0.25) is 11.8 Å². The lowest BCUT2D eigenvalue weighted by Gasteiger charge is -2.39. The molecule has 1 spiro atoms. The van der Waals surface area contributed by atoms with Gasteiger partial charge in [-0.1, -0.05) is 29.8 Å². The molecule has 3 rings (SSSR count). The van der Waals surface area contributed by atoms with Crippen molar-refractivity contribution in [3.8, 4) is 0 Å². The molecule has 126 valence electrons. The van der Waals surface area contributed by atoms with Gasteiger partial charge in [-0.2, -0.15) is 0 Å². The summed E-state index contributed by atoms with van der Waals surface area (Å²) in [7, 11) is 0. The second-order valence-electron chi connectivity index (χ2n) is 6.67. The highest BCUT2D eigenvalue weighted by atomic mass is 35.5. The van der Waals surface area contributed by atoms with Gasteiger partial charge in [0, 0.05) is 26.1 Å². The number of carbonyl (C=O) groups is 2. The van der Waals surface area contributed by atoms with Crippen LogP contribution in [0.15, 0.2) is 24.3 Å². The minimum Gasteiger partial charge on any atom is -0.356 e. The molecular weight excluding hydrogens is 314 g/mol. The molecule has 2 saturated heterocycles. The predicted molar refractivity (Wildman–Crippen MR) is 91.2 cm³/mol. The normalized spacial score (nSPS) is 20.8. The van der Waals surface area contributed by atoms with E-state index < -0.39 is 6.04 Å². The number of carbonyl (C=O) groups excluding carboxylic acids is 2. The topological polar surface area (TPSA) is 75.4 Å². The minimum absolute atomic E-state index is 0. The van der Waals surface area contributed by atoms with E-state index >= 15 is 0 Å². The van der Waals surface area contributed by atoms with Crippen molar-refractivity contribution < 1.29 is 9.59 Å². The molecule has 2 fully saturated rings. The average molecular weight is 338 g/mol. The van der Waals surface area contributed by atoms with E-state index in [1.807, 2.05) is 36.1 Å². The standard InChI is InChI=1S/C17H23N3O2.ClH/c1-12-2-4-13(5-3-12)15(18)16(22)20-8-6-17(7-9-20)10-14(21)19-11-17;/h2-5,15H,6-11,18H2,1H3,(H,19,21);1H. The molecular formula is C17H24ClN3O2. The largest absolute Gasteiger partial charge is 0.356 e. The number of aryl methyl sites for hydroxylation is 1. The summed E-state index contributed by atoms with van der Waals surface area (Å²) in [5.74, 6) is 0.118. The monoisotopic (exact) mass is 337 g/mol. The van der Waals surface area contributed by atoms with Crippen molar-refractivity contribution >= 4 is 24.2 Å². The molecule has 0 bridgehead atoms. The average Bonchev–Trinajstić information content (AvgIpc) is 2.88. The maximum Gasteiger partial charge on any atom is 0.244 e. The number of nitrogens with zero attached hydrogens (tertiary/aromatic N) is 1. The van der Waals surface area contributed by atoms with Crippen molar-refractivity contribution in [1.82, 2.24) is 10.2 Å². The van der Waals surface area contributed by atoms with E-state index in [-0.39, 0.29) is 29.6 Å². The van der Waals surface area contributed by atoms with Crippen molar-refractivity contribution in [2.45, 2.75) is 32.2 Å². The molecule has 1 aromatic rings. The van der Waals surface area contributed by atoms with Crippen LogP contribution in [0.2, 0.25) is 0 Å². The lowest BCUT2D eigenvalue weighted by Crippen LogP contribution is -2.47. The first-order valence-electron chi connectivity index (χ1n) is 7.87. The molecule has 1 aromatic carbocycles. The van der Waals surface area contributed by atoms with Gasteiger partial charge in [0.15, 0.2) is 0 Å². The fourth-order valence-corrected chi connectivity index (χ4v) is 3.42. The molecule has 0 aliphatic carbocycles. The van der Waals surface area contributed by atoms with Crippen LogP contribution in [0.1, 0.15) is 36.4 Å². The highest BCUT2D eigenvalue weighted by Crippen LogP contribution is 2.37. The zero-order chi connectivity index (χ0) is 15.7. The van der Waals surface area contributed by atoms with Crippen LogP contribution in [0.25, 0.3) is 0 Å². The Labute approximate surface area is 143 Å². The summed E-state index contributed by atoms with van der Waals surface area (Å²) >= 11 is 0. The molecule has 5 nitrogen and oxygen atoms in total. The van der Waals surface area contributed by atoms with Crippen molar-refractivity contribution in [3.05, 3.63) is 35.4 Å². The molecule has 2 aliphatic heterocycles. The van der Waals surface area contributed by atoms with E-state index in [0.717, 1.165) is 30.5 Å². The van der Waals surface area contributed by atoms with Gasteiger partial charge in [-0.15, -0.1) is 12.4 Å². The van der Waals surface area contributed by atoms with Gasteiger partial charge in [-0.05, 0) is 30.7 Å². The number of amides is 2. The number of nitrogens with two attached hydrogens (primary N) is 1. The molecule has 1 unspecified atom stereocenters. The van der Waals surface area contributed by atoms with Crippen molar-refractivity contribution in [2.24, 2.45) is 11.1 Å². The second kappa shape index (κ2) is 6.89. The number of piperidine rings is 1. The molecule has 3 N–H and O–H groups in total. The molecule has 6 heteroatoms. The van der Waals surface area contributed by atoms with Crippen LogP contribution < -0.4 is 11.1 Å². The smallest absolute Gasteiger partial charge is 0.244 e. The van der Waals surface area contributed by atoms with Crippen molar-refractivity contribution in [2.75, 3.05) is 19.6 Å². The summed E-state index contributed by atoms with van der Waals surface area (Å²) in [5, 5.41) is 2.91. The lowest BCUT2D eigenvalue weighted by molar-refractivity contribution is -0.135. The van der Waals surface area contributed by atoms with Crippen molar-refractivity contribution in [3.63, 3.8) is 0 Å². The molecule has 2 heterocycles. The van der Waals surface area contributed by atoms with Gasteiger partial charge in [0.1, 0.15) is 6.04 Å². The first kappa shape index (κ1) is 17.8. The molecule has 0 saturated carbocycles. The van der Waals surface area contributed by atoms with Crippen LogP contribution in [0.3, 0.4) is 0 Å². The number of nitrogens with one attached hydrogen (secondary N) is 1. The SMILES string of the molecule is Cc1ccc(C(N)C(=O)N2CCC3(CC2)CNC(=O)C3)cc1.Cl. The molecule has 2 amide bonds. The second-order valence-corrected chi connectivity index (χ2v) is 6.67. The number of rotatable bonds is 2. The third-order valence-corrected chi connectivity index (χ3v) is 5.03. The Morgan fingerprint density at radius 1 is 1.26 bits per heavy atom. The van der Waals surface area contributed by atoms with Crippen molar-refractivity contribution in [1.29, 1.82) is 0 Å². The van der Waals surface area contributed by atoms with Gasteiger partial charge in [-0.3, -0.25) is 9.59 Å². The quantitative estimate of drug-likeness (QED) is 0.859. The number of likely N-dealkylation sites (tertiary alicyclic amines) is 1. The fourth-order valence-electron chi connectivity index (χ4n) is 3.42. The van der Waals surface area contributed by atoms with E-state index in [2.05, 4.69) is 5.32 Å². The van der Waals surface area contributed by atoms with E-state index in [1.54, 1.807) is 0 Å². The Kier molecular flexibility index (Phi) is 5.32. The van der Waals surface area contributed by atoms with E-state index in [4.69, 9.17) is 5.73 Å². The minimum atomic E-state index is -0.599. The third-order valence-electron chi connectivity index (χ3n) is 5.03. The maximum absolute atomic E-state index is 12.6. The molecule has 1 atom stereocenters. The number of hydrogen-bond acceptors (Lipinski definition) is 3. The van der Waals surface area contributed by atoms with E-state index in [1.165, 1.54) is 0 Å². The fraction of sp³-hybridized carbons (Fsp3) is 0.529. The van der Waals surface area contributed by atoms with Crippen LogP contribution in [0, 0.1) is 12.3 Å². The summed E-state index contributed by atoms with van der Waals surface area (Å²) in [6, 6.07) is 7.19. The predicted octanol–water partition coefficient (Wildman–Crippen LogP) is 1.55. The number of hydrogen-bond donors (Lipinski definition) is 2. The molecule has 2 aliphatic rings. The number of halogens is 1. The maximum atomic E-state index is 12.6. The first-order chi connectivity index (χ1) is 10.5. The molecule has 23 heavy (non-hydrogen) atoms. The van der Waals surface area contributed by atoms with Gasteiger partial charge in [0.05, 0.1) is 0 Å². The zero-order valence-corrected chi connectivity index (χ0v) is 14.2. The van der Waals surface area contributed by atoms with E-state index in [0.29, 0.717) is 19.5 Å². The highest BCUT2D eigenvalue weighted by molar-refractivity contribution is 5.85.